The van der Waals surface area contributed by atoms with Gasteiger partial charge in [-0.3, -0.25) is 4.72 Å². The van der Waals surface area contributed by atoms with Gasteiger partial charge < -0.3 is 5.73 Å². The van der Waals surface area contributed by atoms with Crippen LogP contribution in [0, 0.1) is 5.82 Å². The van der Waals surface area contributed by atoms with Crippen LogP contribution >= 0.6 is 11.3 Å². The van der Waals surface area contributed by atoms with E-state index in [1.54, 1.807) is 11.4 Å². The maximum Gasteiger partial charge on any atom is 0.271 e. The summed E-state index contributed by atoms with van der Waals surface area (Å²) in [7, 11) is -3.77. The zero-order valence-electron chi connectivity index (χ0n) is 8.55. The minimum atomic E-state index is -3.77. The zero-order valence-corrected chi connectivity index (χ0v) is 10.2. The Kier molecular flexibility index (Phi) is 3.03. The van der Waals surface area contributed by atoms with Gasteiger partial charge in [-0.05, 0) is 23.6 Å². The summed E-state index contributed by atoms with van der Waals surface area (Å²) in [5.41, 5.74) is 5.34. The molecule has 1 aromatic heterocycles. The number of nitrogens with one attached hydrogen (secondary N) is 1. The molecule has 0 spiro atoms. The molecular formula is C10H9FN2O2S2. The Morgan fingerprint density at radius 2 is 2.00 bits per heavy atom. The minimum absolute atomic E-state index is 0.0464. The average Bonchev–Trinajstić information content (AvgIpc) is 2.77. The van der Waals surface area contributed by atoms with E-state index in [0.29, 0.717) is 0 Å². The van der Waals surface area contributed by atoms with E-state index in [-0.39, 0.29) is 15.6 Å². The first-order valence-electron chi connectivity index (χ1n) is 4.61. The molecule has 0 amide bonds. The lowest BCUT2D eigenvalue weighted by atomic mass is 10.3. The Hall–Kier alpha value is -1.60. The Balaban J connectivity index is 2.40. The minimum Gasteiger partial charge on any atom is -0.397 e. The SMILES string of the molecule is Nc1cccc(F)c1NS(=O)(=O)c1cccs1. The van der Waals surface area contributed by atoms with Gasteiger partial charge in [0.05, 0.1) is 5.69 Å². The van der Waals surface area contributed by atoms with Gasteiger partial charge in [-0.25, -0.2) is 12.8 Å². The van der Waals surface area contributed by atoms with E-state index >= 15 is 0 Å². The summed E-state index contributed by atoms with van der Waals surface area (Å²) in [6, 6.07) is 7.01. The summed E-state index contributed by atoms with van der Waals surface area (Å²) < 4.78 is 39.4. The molecule has 0 radical (unpaired) electrons. The quantitative estimate of drug-likeness (QED) is 0.842. The molecule has 0 bridgehead atoms. The Morgan fingerprint density at radius 3 is 2.59 bits per heavy atom. The first-order chi connectivity index (χ1) is 8.00. The highest BCUT2D eigenvalue weighted by Gasteiger charge is 2.18. The van der Waals surface area contributed by atoms with Crippen molar-refractivity contribution in [2.45, 2.75) is 4.21 Å². The second kappa shape index (κ2) is 4.34. The first kappa shape index (κ1) is 11.9. The van der Waals surface area contributed by atoms with Gasteiger partial charge >= 0.3 is 0 Å². The van der Waals surface area contributed by atoms with Gasteiger partial charge in [0.2, 0.25) is 0 Å². The Labute approximate surface area is 102 Å². The van der Waals surface area contributed by atoms with Crippen LogP contribution in [0.1, 0.15) is 0 Å². The molecular weight excluding hydrogens is 263 g/mol. The van der Waals surface area contributed by atoms with Crippen molar-refractivity contribution in [3.63, 3.8) is 0 Å². The van der Waals surface area contributed by atoms with Crippen LogP contribution in [0.15, 0.2) is 39.9 Å². The summed E-state index contributed by atoms with van der Waals surface area (Å²) in [5.74, 6) is -0.704. The number of nitrogen functional groups attached to an aromatic ring is 1. The molecule has 1 heterocycles. The molecule has 0 aliphatic carbocycles. The zero-order chi connectivity index (χ0) is 12.5. The van der Waals surface area contributed by atoms with E-state index in [2.05, 4.69) is 4.72 Å². The molecule has 2 aromatic rings. The van der Waals surface area contributed by atoms with Crippen molar-refractivity contribution >= 4 is 32.7 Å². The molecule has 17 heavy (non-hydrogen) atoms. The molecule has 1 aromatic carbocycles. The van der Waals surface area contributed by atoms with Crippen LogP contribution < -0.4 is 10.5 Å². The molecule has 90 valence electrons. The number of nitrogens with two attached hydrogens (primary N) is 1. The number of anilines is 2. The van der Waals surface area contributed by atoms with Gasteiger partial charge in [0.15, 0.2) is 0 Å². The molecule has 3 N–H and O–H groups in total. The van der Waals surface area contributed by atoms with E-state index in [4.69, 9.17) is 5.73 Å². The molecule has 0 saturated carbocycles. The fourth-order valence-electron chi connectivity index (χ4n) is 1.25. The smallest absolute Gasteiger partial charge is 0.271 e. The fraction of sp³-hybridized carbons (Fsp3) is 0. The second-order valence-corrected chi connectivity index (χ2v) is 6.10. The molecule has 0 saturated heterocycles. The maximum atomic E-state index is 13.4. The predicted octanol–water partition coefficient (Wildman–Crippen LogP) is 2.27. The topological polar surface area (TPSA) is 72.2 Å². The number of para-hydroxylation sites is 1. The molecule has 4 nitrogen and oxygen atoms in total. The van der Waals surface area contributed by atoms with Crippen molar-refractivity contribution < 1.29 is 12.8 Å². The van der Waals surface area contributed by atoms with Crippen LogP contribution in [0.5, 0.6) is 0 Å². The van der Waals surface area contributed by atoms with E-state index in [1.807, 2.05) is 0 Å². The average molecular weight is 272 g/mol. The van der Waals surface area contributed by atoms with Crippen molar-refractivity contribution in [2.24, 2.45) is 0 Å². The third-order valence-electron chi connectivity index (χ3n) is 2.04. The highest BCUT2D eigenvalue weighted by Crippen LogP contribution is 2.26. The molecule has 0 aliphatic rings. The summed E-state index contributed by atoms with van der Waals surface area (Å²) in [6.45, 7) is 0. The van der Waals surface area contributed by atoms with Crippen LogP contribution in [0.25, 0.3) is 0 Å². The number of hydrogen-bond donors (Lipinski definition) is 2. The Bertz CT molecular complexity index is 604. The Morgan fingerprint density at radius 1 is 1.24 bits per heavy atom. The van der Waals surface area contributed by atoms with E-state index in [9.17, 15) is 12.8 Å². The van der Waals surface area contributed by atoms with Gasteiger partial charge in [-0.15, -0.1) is 11.3 Å². The third-order valence-corrected chi connectivity index (χ3v) is 4.79. The lowest BCUT2D eigenvalue weighted by Crippen LogP contribution is -2.14. The number of thiophene rings is 1. The molecule has 7 heteroatoms. The number of rotatable bonds is 3. The second-order valence-electron chi connectivity index (χ2n) is 3.24. The van der Waals surface area contributed by atoms with Gasteiger partial charge in [0.25, 0.3) is 10.0 Å². The largest absolute Gasteiger partial charge is 0.397 e. The van der Waals surface area contributed by atoms with Gasteiger partial charge in [-0.1, -0.05) is 12.1 Å². The van der Waals surface area contributed by atoms with Crippen LogP contribution in [0.4, 0.5) is 15.8 Å². The van der Waals surface area contributed by atoms with Crippen LogP contribution in [0.3, 0.4) is 0 Å². The lowest BCUT2D eigenvalue weighted by Gasteiger charge is -2.09. The maximum absolute atomic E-state index is 13.4. The van der Waals surface area contributed by atoms with Gasteiger partial charge in [-0.2, -0.15) is 0 Å². The predicted molar refractivity (Wildman–Crippen MR) is 65.9 cm³/mol. The van der Waals surface area contributed by atoms with E-state index in [1.165, 1.54) is 18.2 Å². The highest BCUT2D eigenvalue weighted by atomic mass is 32.2. The summed E-state index contributed by atoms with van der Waals surface area (Å²) in [6.07, 6.45) is 0. The monoisotopic (exact) mass is 272 g/mol. The van der Waals surface area contributed by atoms with Crippen molar-refractivity contribution in [3.8, 4) is 0 Å². The normalized spacial score (nSPS) is 11.4. The summed E-state index contributed by atoms with van der Waals surface area (Å²) in [4.78, 5) is 0. The van der Waals surface area contributed by atoms with Crippen LogP contribution in [-0.2, 0) is 10.0 Å². The highest BCUT2D eigenvalue weighted by molar-refractivity contribution is 7.94. The number of hydrogen-bond acceptors (Lipinski definition) is 4. The van der Waals surface area contributed by atoms with Gasteiger partial charge in [0, 0.05) is 0 Å². The summed E-state index contributed by atoms with van der Waals surface area (Å²) >= 11 is 1.05. The van der Waals surface area contributed by atoms with E-state index in [0.717, 1.165) is 17.4 Å². The standard InChI is InChI=1S/C10H9FN2O2S2/c11-7-3-1-4-8(12)10(7)13-17(14,15)9-5-2-6-16-9/h1-6,13H,12H2. The van der Waals surface area contributed by atoms with E-state index < -0.39 is 15.8 Å². The molecule has 0 atom stereocenters. The fourth-order valence-corrected chi connectivity index (χ4v) is 3.34. The summed E-state index contributed by atoms with van der Waals surface area (Å²) in [5, 5.41) is 1.62. The van der Waals surface area contributed by atoms with Crippen LogP contribution in [-0.4, -0.2) is 8.42 Å². The molecule has 2 rings (SSSR count). The lowest BCUT2D eigenvalue weighted by molar-refractivity contribution is 0.600. The van der Waals surface area contributed by atoms with Crippen molar-refractivity contribution in [1.29, 1.82) is 0 Å². The molecule has 0 fully saturated rings. The third kappa shape index (κ3) is 2.40. The number of sulfonamides is 1. The van der Waals surface area contributed by atoms with Crippen molar-refractivity contribution in [2.75, 3.05) is 10.5 Å². The number of halogens is 1. The molecule has 0 aliphatic heterocycles. The van der Waals surface area contributed by atoms with Crippen LogP contribution in [0.2, 0.25) is 0 Å². The number of benzene rings is 1. The molecule has 0 unspecified atom stereocenters. The first-order valence-corrected chi connectivity index (χ1v) is 6.97. The van der Waals surface area contributed by atoms with Crippen molar-refractivity contribution in [1.82, 2.24) is 0 Å². The van der Waals surface area contributed by atoms with Crippen molar-refractivity contribution in [3.05, 3.63) is 41.5 Å². The van der Waals surface area contributed by atoms with Gasteiger partial charge in [0.1, 0.15) is 15.7 Å².